The van der Waals surface area contributed by atoms with Crippen LogP contribution in [0.5, 0.6) is 0 Å². The summed E-state index contributed by atoms with van der Waals surface area (Å²) in [5.74, 6) is 0. The maximum absolute atomic E-state index is 2.25. The quantitative estimate of drug-likeness (QED) is 0.166. The van der Waals surface area contributed by atoms with E-state index < -0.39 is 0 Å². The molecule has 11 aromatic rings. The summed E-state index contributed by atoms with van der Waals surface area (Å²) in [5.41, 5.74) is 15.5. The van der Waals surface area contributed by atoms with Gasteiger partial charge in [0.1, 0.15) is 0 Å². The summed E-state index contributed by atoms with van der Waals surface area (Å²) in [6.07, 6.45) is 0. The van der Waals surface area contributed by atoms with Crippen molar-refractivity contribution in [2.75, 3.05) is 0 Å². The molecule has 0 unspecified atom stereocenters. The highest BCUT2D eigenvalue weighted by atomic mass is 14.1. The minimum absolute atomic E-state index is 1.28. The Morgan fingerprint density at radius 1 is 0.188 bits per heavy atom. The van der Waals surface area contributed by atoms with Crippen molar-refractivity contribution in [1.29, 1.82) is 0 Å². The molecule has 0 aliphatic heterocycles. The van der Waals surface area contributed by atoms with Crippen molar-refractivity contribution >= 4 is 32.3 Å². The lowest BCUT2D eigenvalue weighted by Crippen LogP contribution is -1.81. The highest BCUT2D eigenvalue weighted by Crippen LogP contribution is 2.29. The van der Waals surface area contributed by atoms with Crippen LogP contribution in [-0.2, 0) is 0 Å². The molecule has 0 nitrogen and oxygen atoms in total. The van der Waals surface area contributed by atoms with Gasteiger partial charge >= 0.3 is 0 Å². The second-order valence-electron chi connectivity index (χ2n) is 16.5. The lowest BCUT2D eigenvalue weighted by molar-refractivity contribution is 1.47. The van der Waals surface area contributed by atoms with E-state index in [0.717, 1.165) is 0 Å². The summed E-state index contributed by atoms with van der Waals surface area (Å²) < 4.78 is 0. The van der Waals surface area contributed by atoms with Gasteiger partial charge in [-0.3, -0.25) is 0 Å². The normalized spacial score (nSPS) is 10.5. The molecule has 0 bridgehead atoms. The first-order chi connectivity index (χ1) is 31.4. The van der Waals surface area contributed by atoms with Gasteiger partial charge in [0.2, 0.25) is 0 Å². The number of hydrogen-bond acceptors (Lipinski definition) is 0. The fourth-order valence-electron chi connectivity index (χ4n) is 7.90. The van der Waals surface area contributed by atoms with Crippen LogP contribution in [0.15, 0.2) is 255 Å². The summed E-state index contributed by atoms with van der Waals surface area (Å²) >= 11 is 0. The molecule has 0 fully saturated rings. The molecule has 0 heteroatoms. The lowest BCUT2D eigenvalue weighted by Gasteiger charge is -2.07. The summed E-state index contributed by atoms with van der Waals surface area (Å²) in [6, 6.07) is 90.2. The highest BCUT2D eigenvalue weighted by molar-refractivity contribution is 5.96. The van der Waals surface area contributed by atoms with Gasteiger partial charge in [0.05, 0.1) is 0 Å². The number of fused-ring (bicyclic) bond motifs is 3. The van der Waals surface area contributed by atoms with Gasteiger partial charge in [-0.25, -0.2) is 0 Å². The van der Waals surface area contributed by atoms with Crippen LogP contribution in [0.25, 0.3) is 76.8 Å². The molecule has 0 amide bonds. The molecule has 0 saturated carbocycles. The second kappa shape index (κ2) is 20.8. The van der Waals surface area contributed by atoms with Crippen molar-refractivity contribution in [2.24, 2.45) is 0 Å². The Labute approximate surface area is 379 Å². The molecule has 0 spiro atoms. The molecule has 310 valence electrons. The molecule has 11 rings (SSSR count). The Balaban J connectivity index is 0.000000117. The number of hydrogen-bond donors (Lipinski definition) is 0. The van der Waals surface area contributed by atoms with Gasteiger partial charge in [-0.05, 0) is 117 Å². The zero-order chi connectivity index (χ0) is 44.1. The van der Waals surface area contributed by atoms with Crippen molar-refractivity contribution in [1.82, 2.24) is 0 Å². The van der Waals surface area contributed by atoms with E-state index in [1.54, 1.807) is 0 Å². The third kappa shape index (κ3) is 11.2. The van der Waals surface area contributed by atoms with Crippen molar-refractivity contribution in [2.45, 2.75) is 27.7 Å². The van der Waals surface area contributed by atoms with Crippen LogP contribution in [0, 0.1) is 27.7 Å². The van der Waals surface area contributed by atoms with Crippen LogP contribution in [0.2, 0.25) is 0 Å². The molecule has 0 aromatic heterocycles. The first kappa shape index (κ1) is 42.9. The molecule has 0 aliphatic rings. The zero-order valence-corrected chi connectivity index (χ0v) is 37.2. The van der Waals surface area contributed by atoms with E-state index in [2.05, 4.69) is 276 Å². The van der Waals surface area contributed by atoms with E-state index in [1.165, 1.54) is 99.1 Å². The van der Waals surface area contributed by atoms with Crippen LogP contribution < -0.4 is 0 Å². The van der Waals surface area contributed by atoms with Gasteiger partial charge in [0.25, 0.3) is 0 Å². The Bertz CT molecular complexity index is 3200. The standard InChI is InChI=1S/3C17H14.C13H12/c1-13-5-4-8-15(11-13)17-10-9-14-6-2-3-7-16(14)12-17;1-13-9-11-15(12-10-13)17-8-4-6-14-5-2-3-7-16(14)17;1-13-6-8-15(9-7-13)17-11-10-14-4-2-3-5-16(14)12-17;1-11-7-9-13(10-8-11)12-5-3-2-4-6-12/h3*2-12H,1H3;2-10H,1H3. The number of benzene rings is 11. The molecular weight excluding hydrogens is 769 g/mol. The molecule has 0 aliphatic carbocycles. The Morgan fingerprint density at radius 2 is 0.547 bits per heavy atom. The summed E-state index contributed by atoms with van der Waals surface area (Å²) in [4.78, 5) is 0. The molecule has 0 N–H and O–H groups in total. The van der Waals surface area contributed by atoms with Crippen molar-refractivity contribution in [3.63, 3.8) is 0 Å². The topological polar surface area (TPSA) is 0 Å². The monoisotopic (exact) mass is 822 g/mol. The predicted molar refractivity (Wildman–Crippen MR) is 279 cm³/mol. The molecule has 0 saturated heterocycles. The van der Waals surface area contributed by atoms with Gasteiger partial charge in [-0.2, -0.15) is 0 Å². The van der Waals surface area contributed by atoms with Crippen molar-refractivity contribution in [3.8, 4) is 44.5 Å². The third-order valence-electron chi connectivity index (χ3n) is 11.5. The maximum atomic E-state index is 2.25. The third-order valence-corrected chi connectivity index (χ3v) is 11.5. The Hall–Kier alpha value is -7.80. The van der Waals surface area contributed by atoms with E-state index in [1.807, 2.05) is 6.07 Å². The fourth-order valence-corrected chi connectivity index (χ4v) is 7.90. The van der Waals surface area contributed by atoms with E-state index in [9.17, 15) is 0 Å². The second-order valence-corrected chi connectivity index (χ2v) is 16.5. The summed E-state index contributed by atoms with van der Waals surface area (Å²) in [5, 5.41) is 7.80. The predicted octanol–water partition coefficient (Wildman–Crippen LogP) is 18.1. The van der Waals surface area contributed by atoms with Crippen molar-refractivity contribution in [3.05, 3.63) is 277 Å². The zero-order valence-electron chi connectivity index (χ0n) is 37.2. The van der Waals surface area contributed by atoms with Crippen molar-refractivity contribution < 1.29 is 0 Å². The van der Waals surface area contributed by atoms with E-state index in [0.29, 0.717) is 0 Å². The molecule has 0 atom stereocenters. The minimum Gasteiger partial charge on any atom is -0.0622 e. The first-order valence-electron chi connectivity index (χ1n) is 22.1. The van der Waals surface area contributed by atoms with Gasteiger partial charge in [0.15, 0.2) is 0 Å². The van der Waals surface area contributed by atoms with E-state index in [-0.39, 0.29) is 0 Å². The number of rotatable bonds is 4. The van der Waals surface area contributed by atoms with Crippen LogP contribution in [0.1, 0.15) is 22.3 Å². The Morgan fingerprint density at radius 3 is 1.09 bits per heavy atom. The average molecular weight is 823 g/mol. The highest BCUT2D eigenvalue weighted by Gasteiger charge is 2.03. The van der Waals surface area contributed by atoms with Gasteiger partial charge in [0, 0.05) is 0 Å². The van der Waals surface area contributed by atoms with Gasteiger partial charge < -0.3 is 0 Å². The summed E-state index contributed by atoms with van der Waals surface area (Å²) in [7, 11) is 0. The SMILES string of the molecule is Cc1ccc(-c2ccc3ccccc3c2)cc1.Cc1ccc(-c2cccc3ccccc23)cc1.Cc1ccc(-c2ccccc2)cc1.Cc1cccc(-c2ccc3ccccc3c2)c1. The fraction of sp³-hybridized carbons (Fsp3) is 0.0625. The van der Waals surface area contributed by atoms with Gasteiger partial charge in [-0.15, -0.1) is 0 Å². The van der Waals surface area contributed by atoms with Crippen LogP contribution >= 0.6 is 0 Å². The lowest BCUT2D eigenvalue weighted by atomic mass is 9.98. The Kier molecular flexibility index (Phi) is 14.0. The smallest absolute Gasteiger partial charge is 0.0105 e. The van der Waals surface area contributed by atoms with E-state index >= 15 is 0 Å². The molecular formula is C64H54. The first-order valence-corrected chi connectivity index (χ1v) is 22.1. The maximum Gasteiger partial charge on any atom is -0.0105 e. The number of aryl methyl sites for hydroxylation is 4. The van der Waals surface area contributed by atoms with Crippen LogP contribution in [-0.4, -0.2) is 0 Å². The molecule has 11 aromatic carbocycles. The van der Waals surface area contributed by atoms with Gasteiger partial charge in [-0.1, -0.05) is 265 Å². The molecule has 64 heavy (non-hydrogen) atoms. The van der Waals surface area contributed by atoms with Crippen LogP contribution in [0.3, 0.4) is 0 Å². The summed E-state index contributed by atoms with van der Waals surface area (Å²) in [6.45, 7) is 8.47. The minimum atomic E-state index is 1.28. The average Bonchev–Trinajstić information content (AvgIpc) is 3.35. The van der Waals surface area contributed by atoms with E-state index in [4.69, 9.17) is 0 Å². The molecule has 0 heterocycles. The molecule has 0 radical (unpaired) electrons. The largest absolute Gasteiger partial charge is 0.0622 e. The van der Waals surface area contributed by atoms with Crippen LogP contribution in [0.4, 0.5) is 0 Å².